The lowest BCUT2D eigenvalue weighted by molar-refractivity contribution is -0.362. The second-order valence-electron chi connectivity index (χ2n) is 3.46. The molecule has 98 valence electrons. The molecule has 0 aliphatic heterocycles. The summed E-state index contributed by atoms with van der Waals surface area (Å²) in [5.41, 5.74) is -2.94. The third-order valence-electron chi connectivity index (χ3n) is 1.80. The van der Waals surface area contributed by atoms with Gasteiger partial charge in [0.2, 0.25) is 0 Å². The molecule has 0 saturated carbocycles. The van der Waals surface area contributed by atoms with Gasteiger partial charge in [-0.05, 0) is 13.8 Å². The van der Waals surface area contributed by atoms with Crippen LogP contribution in [0, 0.1) is 16.7 Å². The van der Waals surface area contributed by atoms with Crippen molar-refractivity contribution in [3.63, 3.8) is 0 Å². The molecular weight excluding hydrogens is 259 g/mol. The average molecular weight is 265 g/mol. The lowest BCUT2D eigenvalue weighted by atomic mass is 9.86. The number of nitrogens with zero attached hydrogens (tertiary/aromatic N) is 1. The van der Waals surface area contributed by atoms with E-state index in [0.717, 1.165) is 6.07 Å². The number of ether oxygens (including phenoxy) is 1. The van der Waals surface area contributed by atoms with E-state index in [1.807, 2.05) is 0 Å². The molecular formula is C8H6F7NO. The highest BCUT2D eigenvalue weighted by Gasteiger charge is 2.68. The second kappa shape index (κ2) is 4.43. The molecule has 0 radical (unpaired) electrons. The minimum Gasteiger partial charge on any atom is -0.398 e. The Morgan fingerprint density at radius 1 is 1.06 bits per heavy atom. The lowest BCUT2D eigenvalue weighted by Gasteiger charge is -2.32. The third-order valence-corrected chi connectivity index (χ3v) is 1.80. The van der Waals surface area contributed by atoms with Crippen molar-refractivity contribution >= 4 is 0 Å². The first kappa shape index (κ1) is 15.5. The fourth-order valence-electron chi connectivity index (χ4n) is 0.649. The van der Waals surface area contributed by atoms with Crippen LogP contribution < -0.4 is 0 Å². The van der Waals surface area contributed by atoms with E-state index < -0.39 is 29.5 Å². The van der Waals surface area contributed by atoms with Gasteiger partial charge in [0, 0.05) is 0 Å². The summed E-state index contributed by atoms with van der Waals surface area (Å²) in [6.07, 6.45) is -8.89. The first-order valence-electron chi connectivity index (χ1n) is 3.95. The number of hydrogen-bond donors (Lipinski definition) is 0. The predicted molar refractivity (Wildman–Crippen MR) is 40.7 cm³/mol. The Hall–Kier alpha value is -1.46. The minimum atomic E-state index is -5.58. The zero-order valence-corrected chi connectivity index (χ0v) is 8.50. The summed E-state index contributed by atoms with van der Waals surface area (Å²) in [7, 11) is 0. The zero-order valence-electron chi connectivity index (χ0n) is 8.50. The van der Waals surface area contributed by atoms with Crippen molar-refractivity contribution in [3.05, 3.63) is 12.1 Å². The summed E-state index contributed by atoms with van der Waals surface area (Å²) in [6, 6.07) is -2.27. The Balaban J connectivity index is 5.34. The molecule has 0 heterocycles. The highest BCUT2D eigenvalue weighted by atomic mass is 19.3. The van der Waals surface area contributed by atoms with Crippen LogP contribution in [0.4, 0.5) is 30.7 Å². The summed E-state index contributed by atoms with van der Waals surface area (Å²) in [6.45, 7) is 0.857. The molecule has 0 amide bonds. The van der Waals surface area contributed by atoms with Crippen molar-refractivity contribution in [1.29, 1.82) is 5.26 Å². The Morgan fingerprint density at radius 2 is 1.47 bits per heavy atom. The van der Waals surface area contributed by atoms with E-state index in [4.69, 9.17) is 5.26 Å². The smallest absolute Gasteiger partial charge is 0.398 e. The summed E-state index contributed by atoms with van der Waals surface area (Å²) in [5.74, 6) is -5.17. The highest BCUT2D eigenvalue weighted by molar-refractivity contribution is 5.06. The maximum atomic E-state index is 13.1. The molecule has 2 nitrogen and oxygen atoms in total. The van der Waals surface area contributed by atoms with Crippen molar-refractivity contribution in [2.75, 3.05) is 0 Å². The van der Waals surface area contributed by atoms with Gasteiger partial charge in [0.05, 0.1) is 6.07 Å². The van der Waals surface area contributed by atoms with Crippen molar-refractivity contribution in [2.24, 2.45) is 5.41 Å². The van der Waals surface area contributed by atoms with Crippen LogP contribution in [0.25, 0.3) is 0 Å². The number of rotatable bonds is 4. The molecule has 0 bridgehead atoms. The molecule has 0 aromatic heterocycles. The summed E-state index contributed by atoms with van der Waals surface area (Å²) >= 11 is 0. The Labute approximate surface area is 91.3 Å². The van der Waals surface area contributed by atoms with Gasteiger partial charge in [-0.2, -0.15) is 36.0 Å². The minimum absolute atomic E-state index is 0.428. The van der Waals surface area contributed by atoms with Gasteiger partial charge in [-0.25, -0.2) is 0 Å². The largest absolute Gasteiger partial charge is 0.467 e. The molecule has 0 aliphatic carbocycles. The molecule has 0 fully saturated rings. The van der Waals surface area contributed by atoms with Gasteiger partial charge in [0.25, 0.3) is 0 Å². The van der Waals surface area contributed by atoms with E-state index in [-0.39, 0.29) is 0 Å². The first-order valence-corrected chi connectivity index (χ1v) is 3.95. The van der Waals surface area contributed by atoms with Crippen LogP contribution in [-0.2, 0) is 4.74 Å². The molecule has 0 rings (SSSR count). The molecule has 0 aliphatic rings. The topological polar surface area (TPSA) is 33.0 Å². The maximum absolute atomic E-state index is 13.1. The molecule has 0 unspecified atom stereocenters. The van der Waals surface area contributed by atoms with Gasteiger partial charge in [-0.15, -0.1) is 0 Å². The van der Waals surface area contributed by atoms with Crippen LogP contribution in [0.1, 0.15) is 13.8 Å². The van der Waals surface area contributed by atoms with Gasteiger partial charge in [-0.3, -0.25) is 0 Å². The van der Waals surface area contributed by atoms with E-state index in [9.17, 15) is 30.7 Å². The van der Waals surface area contributed by atoms with Gasteiger partial charge < -0.3 is 4.74 Å². The van der Waals surface area contributed by atoms with Crippen molar-refractivity contribution in [2.45, 2.75) is 25.9 Å². The van der Waals surface area contributed by atoms with Crippen LogP contribution in [0.15, 0.2) is 12.1 Å². The number of nitriles is 1. The Bertz CT molecular complexity index is 365. The van der Waals surface area contributed by atoms with Crippen molar-refractivity contribution in [1.82, 2.24) is 0 Å². The fourth-order valence-corrected chi connectivity index (χ4v) is 0.649. The summed E-state index contributed by atoms with van der Waals surface area (Å²) < 4.78 is 89.2. The highest BCUT2D eigenvalue weighted by Crippen LogP contribution is 2.48. The molecule has 17 heavy (non-hydrogen) atoms. The standard InChI is InChI=1S/C8H6F7NO/c1-6(2,3-16)7(12,13)8(14,15)17-5(11)4(9)10/h1-2H3. The molecule has 9 heteroatoms. The number of alkyl halides is 4. The van der Waals surface area contributed by atoms with E-state index in [1.165, 1.54) is 0 Å². The summed E-state index contributed by atoms with van der Waals surface area (Å²) in [4.78, 5) is 0. The number of hydrogen-bond acceptors (Lipinski definition) is 2. The monoisotopic (exact) mass is 265 g/mol. The summed E-state index contributed by atoms with van der Waals surface area (Å²) in [5, 5.41) is 8.26. The average Bonchev–Trinajstić information content (AvgIpc) is 2.16. The van der Waals surface area contributed by atoms with Crippen molar-refractivity contribution in [3.8, 4) is 6.07 Å². The second-order valence-corrected chi connectivity index (χ2v) is 3.46. The lowest BCUT2D eigenvalue weighted by Crippen LogP contribution is -2.52. The Kier molecular flexibility index (Phi) is 4.05. The van der Waals surface area contributed by atoms with Crippen LogP contribution in [0.2, 0.25) is 0 Å². The SMILES string of the molecule is CC(C)(C#N)C(F)(F)C(F)(F)OC(F)=C(F)F. The molecule has 0 atom stereocenters. The fraction of sp³-hybridized carbons (Fsp3) is 0.625. The molecule has 0 spiro atoms. The molecule has 0 aromatic carbocycles. The predicted octanol–water partition coefficient (Wildman–Crippen LogP) is 3.82. The van der Waals surface area contributed by atoms with Gasteiger partial charge in [0.15, 0.2) is 0 Å². The van der Waals surface area contributed by atoms with Crippen LogP contribution in [-0.4, -0.2) is 12.0 Å². The third kappa shape index (κ3) is 2.81. The molecule has 0 N–H and O–H groups in total. The first-order chi connectivity index (χ1) is 7.39. The molecule has 0 saturated heterocycles. The van der Waals surface area contributed by atoms with Crippen LogP contribution >= 0.6 is 0 Å². The van der Waals surface area contributed by atoms with E-state index >= 15 is 0 Å². The normalized spacial score (nSPS) is 12.9. The van der Waals surface area contributed by atoms with E-state index in [0.29, 0.717) is 13.8 Å². The maximum Gasteiger partial charge on any atom is 0.467 e. The molecule has 0 aromatic rings. The zero-order chi connectivity index (χ0) is 14.1. The van der Waals surface area contributed by atoms with E-state index in [2.05, 4.69) is 4.74 Å². The van der Waals surface area contributed by atoms with Crippen LogP contribution in [0.3, 0.4) is 0 Å². The quantitative estimate of drug-likeness (QED) is 0.572. The van der Waals surface area contributed by atoms with Gasteiger partial charge >= 0.3 is 24.1 Å². The van der Waals surface area contributed by atoms with Gasteiger partial charge in [-0.1, -0.05) is 0 Å². The Morgan fingerprint density at radius 3 is 1.76 bits per heavy atom. The van der Waals surface area contributed by atoms with Crippen molar-refractivity contribution < 1.29 is 35.5 Å². The number of halogens is 7. The van der Waals surface area contributed by atoms with Crippen LogP contribution in [0.5, 0.6) is 0 Å². The van der Waals surface area contributed by atoms with E-state index in [1.54, 1.807) is 0 Å². The van der Waals surface area contributed by atoms with Gasteiger partial charge in [0.1, 0.15) is 5.41 Å².